The molecule has 2 heterocycles. The summed E-state index contributed by atoms with van der Waals surface area (Å²) in [7, 11) is -0.410. The van der Waals surface area contributed by atoms with Crippen LogP contribution in [0.15, 0.2) is 11.5 Å². The monoisotopic (exact) mass is 309 g/mol. The first-order valence-corrected chi connectivity index (χ1v) is 7.89. The Morgan fingerprint density at radius 3 is 2.23 bits per heavy atom. The summed E-state index contributed by atoms with van der Waals surface area (Å²) in [6.45, 7) is 16.2. The minimum absolute atomic E-state index is 0.0930. The van der Waals surface area contributed by atoms with Crippen LogP contribution in [0.3, 0.4) is 0 Å². The summed E-state index contributed by atoms with van der Waals surface area (Å²) < 4.78 is 17.6. The van der Waals surface area contributed by atoms with Crippen molar-refractivity contribution in [2.45, 2.75) is 78.2 Å². The van der Waals surface area contributed by atoms with Crippen LogP contribution in [0.5, 0.6) is 0 Å². The van der Waals surface area contributed by atoms with E-state index in [2.05, 4.69) is 0 Å². The van der Waals surface area contributed by atoms with E-state index >= 15 is 0 Å². The van der Waals surface area contributed by atoms with Gasteiger partial charge < -0.3 is 14.0 Å². The van der Waals surface area contributed by atoms with Gasteiger partial charge in [-0.1, -0.05) is 6.08 Å². The highest BCUT2D eigenvalue weighted by Gasteiger charge is 2.54. The molecule has 0 aromatic carbocycles. The van der Waals surface area contributed by atoms with Gasteiger partial charge in [0, 0.05) is 6.54 Å². The van der Waals surface area contributed by atoms with Gasteiger partial charge in [-0.25, -0.2) is 4.79 Å². The van der Waals surface area contributed by atoms with Crippen LogP contribution in [-0.2, 0) is 14.0 Å². The molecule has 2 rings (SSSR count). The lowest BCUT2D eigenvalue weighted by Crippen LogP contribution is -2.42. The molecule has 0 N–H and O–H groups in total. The SMILES string of the molecule is CC1C(B2OC(C)(C)C(C)(C)O2)=CCN1C(=O)OC(C)(C)C. The fourth-order valence-corrected chi connectivity index (χ4v) is 2.54. The Bertz CT molecular complexity index is 477. The third-order valence-electron chi connectivity index (χ3n) is 4.63. The summed E-state index contributed by atoms with van der Waals surface area (Å²) in [5.74, 6) is 0. The average molecular weight is 309 g/mol. The summed E-state index contributed by atoms with van der Waals surface area (Å²) in [6.07, 6.45) is 1.71. The molecule has 2 aliphatic heterocycles. The number of hydrogen-bond acceptors (Lipinski definition) is 4. The molecule has 0 radical (unpaired) electrons. The van der Waals surface area contributed by atoms with Crippen LogP contribution in [-0.4, -0.2) is 47.5 Å². The van der Waals surface area contributed by atoms with Crippen molar-refractivity contribution in [1.82, 2.24) is 4.90 Å². The molecule has 1 amide bonds. The Labute approximate surface area is 134 Å². The second-order valence-electron chi connectivity index (χ2n) is 8.10. The van der Waals surface area contributed by atoms with Crippen molar-refractivity contribution in [3.8, 4) is 0 Å². The Morgan fingerprint density at radius 2 is 1.77 bits per heavy atom. The summed E-state index contributed by atoms with van der Waals surface area (Å²) in [5.41, 5.74) is -0.261. The molecule has 0 aromatic rings. The van der Waals surface area contributed by atoms with Gasteiger partial charge in [0.2, 0.25) is 0 Å². The quantitative estimate of drug-likeness (QED) is 0.698. The minimum Gasteiger partial charge on any atom is -0.444 e. The Balaban J connectivity index is 2.06. The summed E-state index contributed by atoms with van der Waals surface area (Å²) >= 11 is 0. The van der Waals surface area contributed by atoms with E-state index in [9.17, 15) is 4.79 Å². The first-order valence-electron chi connectivity index (χ1n) is 7.89. The van der Waals surface area contributed by atoms with Gasteiger partial charge in [0.25, 0.3) is 0 Å². The van der Waals surface area contributed by atoms with Gasteiger partial charge in [0.1, 0.15) is 5.60 Å². The normalized spacial score (nSPS) is 27.1. The smallest absolute Gasteiger partial charge is 0.444 e. The second-order valence-corrected chi connectivity index (χ2v) is 8.10. The van der Waals surface area contributed by atoms with E-state index in [0.29, 0.717) is 6.54 Å². The fourth-order valence-electron chi connectivity index (χ4n) is 2.54. The number of hydrogen-bond donors (Lipinski definition) is 0. The summed E-state index contributed by atoms with van der Waals surface area (Å²) in [4.78, 5) is 14.0. The van der Waals surface area contributed by atoms with Crippen LogP contribution in [0, 0.1) is 0 Å². The highest BCUT2D eigenvalue weighted by Crippen LogP contribution is 2.40. The van der Waals surface area contributed by atoms with Gasteiger partial charge >= 0.3 is 13.2 Å². The van der Waals surface area contributed by atoms with Gasteiger partial charge in [0.05, 0.1) is 17.2 Å². The second kappa shape index (κ2) is 5.27. The standard InChI is InChI=1S/C16H28BNO4/c1-11-12(17-21-15(5,6)16(7,8)22-17)9-10-18(11)13(19)20-14(2,3)4/h9,11H,10H2,1-8H3. The number of ether oxygens (including phenoxy) is 1. The molecule has 6 heteroatoms. The fraction of sp³-hybridized carbons (Fsp3) is 0.812. The van der Waals surface area contributed by atoms with Crippen molar-refractivity contribution >= 4 is 13.2 Å². The van der Waals surface area contributed by atoms with Crippen molar-refractivity contribution in [3.05, 3.63) is 11.5 Å². The Kier molecular flexibility index (Phi) is 4.16. The predicted molar refractivity (Wildman–Crippen MR) is 86.6 cm³/mol. The first-order chi connectivity index (χ1) is 9.84. The van der Waals surface area contributed by atoms with Gasteiger partial charge in [0.15, 0.2) is 0 Å². The van der Waals surface area contributed by atoms with Gasteiger partial charge in [-0.3, -0.25) is 4.90 Å². The predicted octanol–water partition coefficient (Wildman–Crippen LogP) is 3.18. The third-order valence-corrected chi connectivity index (χ3v) is 4.63. The maximum absolute atomic E-state index is 12.3. The molecule has 1 saturated heterocycles. The van der Waals surface area contributed by atoms with Crippen molar-refractivity contribution in [2.24, 2.45) is 0 Å². The number of nitrogens with zero attached hydrogens (tertiary/aromatic N) is 1. The van der Waals surface area contributed by atoms with Crippen molar-refractivity contribution in [1.29, 1.82) is 0 Å². The molecule has 0 saturated carbocycles. The topological polar surface area (TPSA) is 48.0 Å². The summed E-state index contributed by atoms with van der Waals surface area (Å²) in [6, 6.07) is -0.0930. The van der Waals surface area contributed by atoms with E-state index < -0.39 is 12.7 Å². The Hall–Kier alpha value is -1.01. The zero-order valence-electron chi connectivity index (χ0n) is 15.0. The van der Waals surface area contributed by atoms with E-state index in [0.717, 1.165) is 5.47 Å². The number of rotatable bonds is 1. The lowest BCUT2D eigenvalue weighted by atomic mass is 9.75. The molecule has 0 aliphatic carbocycles. The zero-order valence-corrected chi connectivity index (χ0v) is 15.0. The van der Waals surface area contributed by atoms with Crippen molar-refractivity contribution in [2.75, 3.05) is 6.54 Å². The first kappa shape index (κ1) is 17.4. The van der Waals surface area contributed by atoms with E-state index in [1.807, 2.05) is 61.5 Å². The van der Waals surface area contributed by atoms with E-state index in [1.54, 1.807) is 4.90 Å². The van der Waals surface area contributed by atoms with E-state index in [1.165, 1.54) is 0 Å². The Morgan fingerprint density at radius 1 is 1.27 bits per heavy atom. The van der Waals surface area contributed by atoms with Crippen LogP contribution >= 0.6 is 0 Å². The van der Waals surface area contributed by atoms with Crippen LogP contribution in [0.25, 0.3) is 0 Å². The third kappa shape index (κ3) is 3.18. The average Bonchev–Trinajstić information content (AvgIpc) is 2.75. The molecule has 5 nitrogen and oxygen atoms in total. The minimum atomic E-state index is -0.496. The highest BCUT2D eigenvalue weighted by molar-refractivity contribution is 6.55. The maximum atomic E-state index is 12.3. The number of carbonyl (C=O) groups excluding carboxylic acids is 1. The molecular formula is C16H28BNO4. The zero-order chi connectivity index (χ0) is 16.9. The number of amides is 1. The van der Waals surface area contributed by atoms with E-state index in [4.69, 9.17) is 14.0 Å². The number of carbonyl (C=O) groups is 1. The van der Waals surface area contributed by atoms with Crippen LogP contribution < -0.4 is 0 Å². The molecule has 0 aromatic heterocycles. The molecule has 1 atom stereocenters. The molecule has 1 unspecified atom stereocenters. The summed E-state index contributed by atoms with van der Waals surface area (Å²) in [5, 5.41) is 0. The molecule has 0 spiro atoms. The highest BCUT2D eigenvalue weighted by atomic mass is 16.7. The van der Waals surface area contributed by atoms with Gasteiger partial charge in [-0.2, -0.15) is 0 Å². The van der Waals surface area contributed by atoms with Gasteiger partial charge in [-0.05, 0) is 60.9 Å². The molecule has 0 bridgehead atoms. The van der Waals surface area contributed by atoms with Crippen LogP contribution in [0.4, 0.5) is 4.79 Å². The van der Waals surface area contributed by atoms with Crippen LogP contribution in [0.2, 0.25) is 0 Å². The van der Waals surface area contributed by atoms with Crippen LogP contribution in [0.1, 0.15) is 55.4 Å². The molecule has 1 fully saturated rings. The maximum Gasteiger partial charge on any atom is 0.492 e. The molecule has 2 aliphatic rings. The van der Waals surface area contributed by atoms with E-state index in [-0.39, 0.29) is 23.3 Å². The molecule has 22 heavy (non-hydrogen) atoms. The molecule has 124 valence electrons. The molecular weight excluding hydrogens is 281 g/mol. The van der Waals surface area contributed by atoms with Crippen molar-refractivity contribution < 1.29 is 18.8 Å². The van der Waals surface area contributed by atoms with Crippen molar-refractivity contribution in [3.63, 3.8) is 0 Å². The van der Waals surface area contributed by atoms with Gasteiger partial charge in [-0.15, -0.1) is 0 Å². The largest absolute Gasteiger partial charge is 0.492 e. The lowest BCUT2D eigenvalue weighted by molar-refractivity contribution is 0.00578. The lowest BCUT2D eigenvalue weighted by Gasteiger charge is -2.32.